The van der Waals surface area contributed by atoms with E-state index in [0.717, 1.165) is 6.26 Å². The Kier molecular flexibility index (Phi) is 3.72. The number of carboxylic acid groups (broad SMARTS) is 1. The molecule has 0 aliphatic carbocycles. The molecule has 0 saturated heterocycles. The summed E-state index contributed by atoms with van der Waals surface area (Å²) in [5.41, 5.74) is 0. The van der Waals surface area contributed by atoms with Crippen LogP contribution in [0.2, 0.25) is 0 Å². The number of ether oxygens (including phenoxy) is 1. The van der Waals surface area contributed by atoms with Gasteiger partial charge in [-0.25, -0.2) is 9.59 Å². The Morgan fingerprint density at radius 2 is 2.27 bits per heavy atom. The van der Waals surface area contributed by atoms with Crippen LogP contribution in [0, 0.1) is 0 Å². The van der Waals surface area contributed by atoms with Gasteiger partial charge < -0.3 is 15.2 Å². The van der Waals surface area contributed by atoms with E-state index in [0.29, 0.717) is 0 Å². The van der Waals surface area contributed by atoms with Crippen LogP contribution in [-0.4, -0.2) is 23.2 Å². The van der Waals surface area contributed by atoms with Crippen LogP contribution in [0.4, 0.5) is 4.79 Å². The predicted octanol–water partition coefficient (Wildman–Crippen LogP) is 0.329. The topological polar surface area (TPSA) is 75.6 Å². The van der Waals surface area contributed by atoms with Crippen LogP contribution in [-0.2, 0) is 9.53 Å². The van der Waals surface area contributed by atoms with Gasteiger partial charge in [0, 0.05) is 0 Å². The lowest BCUT2D eigenvalue weighted by Crippen LogP contribution is -2.37. The number of carbonyl (C=O) groups is 2. The quantitative estimate of drug-likeness (QED) is 0.459. The fraction of sp³-hybridized carbons (Fsp3) is 0.333. The van der Waals surface area contributed by atoms with E-state index < -0.39 is 18.1 Å². The number of carbonyl (C=O) groups excluding carboxylic acids is 1. The molecular weight excluding hydrogens is 150 g/mol. The number of nitrogens with one attached hydrogen (secondary N) is 1. The molecule has 0 aromatic heterocycles. The molecule has 0 fully saturated rings. The highest BCUT2D eigenvalue weighted by Gasteiger charge is 2.14. The van der Waals surface area contributed by atoms with Gasteiger partial charge in [-0.15, -0.1) is 0 Å². The van der Waals surface area contributed by atoms with Gasteiger partial charge in [0.1, 0.15) is 6.04 Å². The van der Waals surface area contributed by atoms with Crippen molar-refractivity contribution < 1.29 is 19.4 Å². The van der Waals surface area contributed by atoms with Crippen LogP contribution < -0.4 is 5.32 Å². The second-order valence-corrected chi connectivity index (χ2v) is 1.77. The minimum absolute atomic E-state index is 0.678. The minimum Gasteiger partial charge on any atom is -0.465 e. The summed E-state index contributed by atoms with van der Waals surface area (Å²) in [6, 6.07) is -0.870. The van der Waals surface area contributed by atoms with Gasteiger partial charge in [0.05, 0.1) is 6.26 Å². The molecule has 0 aliphatic heterocycles. The van der Waals surface area contributed by atoms with Gasteiger partial charge in [0.25, 0.3) is 0 Å². The van der Waals surface area contributed by atoms with Gasteiger partial charge in [-0.05, 0) is 6.92 Å². The summed E-state index contributed by atoms with van der Waals surface area (Å²) < 4.78 is 4.30. The van der Waals surface area contributed by atoms with Gasteiger partial charge >= 0.3 is 12.1 Å². The molecule has 0 heterocycles. The van der Waals surface area contributed by atoms with Crippen LogP contribution in [0.1, 0.15) is 6.92 Å². The van der Waals surface area contributed by atoms with E-state index >= 15 is 0 Å². The maximum absolute atomic E-state index is 10.7. The molecule has 0 unspecified atom stereocenters. The van der Waals surface area contributed by atoms with Crippen molar-refractivity contribution in [3.05, 3.63) is 12.8 Å². The summed E-state index contributed by atoms with van der Waals surface area (Å²) in [6.45, 7) is 4.52. The summed E-state index contributed by atoms with van der Waals surface area (Å²) >= 11 is 0. The lowest BCUT2D eigenvalue weighted by molar-refractivity contribution is -0.139. The monoisotopic (exact) mass is 159 g/mol. The molecule has 0 aromatic rings. The third kappa shape index (κ3) is 3.96. The van der Waals surface area contributed by atoms with Crippen molar-refractivity contribution >= 4 is 12.1 Å². The molecule has 0 aromatic carbocycles. The van der Waals surface area contributed by atoms with Crippen molar-refractivity contribution in [1.29, 1.82) is 0 Å². The normalized spacial score (nSPS) is 11.4. The standard InChI is InChI=1S/C6H9NO4/c1-3-11-5(8)4(2)7-6(9)10/h3-4,7H,1H2,2H3,(H,9,10)/t4-/m0/s1. The minimum atomic E-state index is -1.27. The Bertz CT molecular complexity index is 177. The molecule has 1 atom stereocenters. The van der Waals surface area contributed by atoms with Crippen molar-refractivity contribution in [2.24, 2.45) is 0 Å². The van der Waals surface area contributed by atoms with Gasteiger partial charge in [-0.2, -0.15) is 0 Å². The zero-order chi connectivity index (χ0) is 8.85. The molecule has 62 valence electrons. The number of hydrogen-bond donors (Lipinski definition) is 2. The van der Waals surface area contributed by atoms with Crippen LogP contribution in [0.25, 0.3) is 0 Å². The van der Waals surface area contributed by atoms with E-state index in [4.69, 9.17) is 5.11 Å². The highest BCUT2D eigenvalue weighted by molar-refractivity contribution is 5.80. The first kappa shape index (κ1) is 9.48. The molecule has 11 heavy (non-hydrogen) atoms. The Morgan fingerprint density at radius 3 is 2.64 bits per heavy atom. The lowest BCUT2D eigenvalue weighted by atomic mass is 10.3. The summed E-state index contributed by atoms with van der Waals surface area (Å²) in [6.07, 6.45) is -0.318. The highest BCUT2D eigenvalue weighted by atomic mass is 16.5. The Balaban J connectivity index is 3.81. The maximum Gasteiger partial charge on any atom is 0.405 e. The number of esters is 1. The smallest absolute Gasteiger partial charge is 0.405 e. The van der Waals surface area contributed by atoms with Gasteiger partial charge in [0.2, 0.25) is 0 Å². The largest absolute Gasteiger partial charge is 0.465 e. The van der Waals surface area contributed by atoms with Crippen LogP contribution in [0.5, 0.6) is 0 Å². The maximum atomic E-state index is 10.7. The van der Waals surface area contributed by atoms with Crippen LogP contribution >= 0.6 is 0 Å². The van der Waals surface area contributed by atoms with Crippen molar-refractivity contribution in [2.45, 2.75) is 13.0 Å². The van der Waals surface area contributed by atoms with E-state index in [9.17, 15) is 9.59 Å². The second kappa shape index (κ2) is 4.32. The van der Waals surface area contributed by atoms with Gasteiger partial charge in [-0.3, -0.25) is 0 Å². The lowest BCUT2D eigenvalue weighted by Gasteiger charge is -2.07. The summed E-state index contributed by atoms with van der Waals surface area (Å²) in [4.78, 5) is 20.6. The van der Waals surface area contributed by atoms with Crippen molar-refractivity contribution in [1.82, 2.24) is 5.32 Å². The molecular formula is C6H9NO4. The predicted molar refractivity (Wildman–Crippen MR) is 36.9 cm³/mol. The Labute approximate surface area is 63.7 Å². The van der Waals surface area contributed by atoms with Crippen LogP contribution in [0.15, 0.2) is 12.8 Å². The van der Waals surface area contributed by atoms with E-state index in [1.54, 1.807) is 0 Å². The van der Waals surface area contributed by atoms with Crippen LogP contribution in [0.3, 0.4) is 0 Å². The third-order valence-corrected chi connectivity index (χ3v) is 0.893. The average Bonchev–Trinajstić information content (AvgIpc) is 1.86. The second-order valence-electron chi connectivity index (χ2n) is 1.77. The molecule has 5 heteroatoms. The zero-order valence-corrected chi connectivity index (χ0v) is 6.03. The summed E-state index contributed by atoms with van der Waals surface area (Å²) in [7, 11) is 0. The van der Waals surface area contributed by atoms with Gasteiger partial charge in [0.15, 0.2) is 0 Å². The van der Waals surface area contributed by atoms with Crippen molar-refractivity contribution in [2.75, 3.05) is 0 Å². The molecule has 1 amide bonds. The summed E-state index contributed by atoms with van der Waals surface area (Å²) in [5.74, 6) is -0.678. The molecule has 0 saturated carbocycles. The van der Waals surface area contributed by atoms with E-state index in [1.807, 2.05) is 5.32 Å². The molecule has 0 aliphatic rings. The fourth-order valence-electron chi connectivity index (χ4n) is 0.428. The Morgan fingerprint density at radius 1 is 1.73 bits per heavy atom. The molecule has 0 bridgehead atoms. The number of hydrogen-bond acceptors (Lipinski definition) is 3. The number of rotatable bonds is 3. The molecule has 0 radical (unpaired) electrons. The SMILES string of the molecule is C=COC(=O)[C@H](C)NC(=O)O. The van der Waals surface area contributed by atoms with E-state index in [1.165, 1.54) is 6.92 Å². The zero-order valence-electron chi connectivity index (χ0n) is 6.03. The third-order valence-electron chi connectivity index (χ3n) is 0.893. The van der Waals surface area contributed by atoms with E-state index in [-0.39, 0.29) is 0 Å². The molecule has 0 spiro atoms. The fourth-order valence-corrected chi connectivity index (χ4v) is 0.428. The first-order valence-corrected chi connectivity index (χ1v) is 2.88. The first-order chi connectivity index (χ1) is 5.07. The molecule has 5 nitrogen and oxygen atoms in total. The van der Waals surface area contributed by atoms with Crippen molar-refractivity contribution in [3.63, 3.8) is 0 Å². The first-order valence-electron chi connectivity index (χ1n) is 2.88. The Hall–Kier alpha value is -1.52. The number of amides is 1. The molecule has 2 N–H and O–H groups in total. The highest BCUT2D eigenvalue weighted by Crippen LogP contribution is 1.87. The van der Waals surface area contributed by atoms with Crippen molar-refractivity contribution in [3.8, 4) is 0 Å². The van der Waals surface area contributed by atoms with E-state index in [2.05, 4.69) is 11.3 Å². The van der Waals surface area contributed by atoms with Gasteiger partial charge in [-0.1, -0.05) is 6.58 Å². The summed E-state index contributed by atoms with van der Waals surface area (Å²) in [5, 5.41) is 10.1. The molecule has 0 rings (SSSR count). The average molecular weight is 159 g/mol.